The van der Waals surface area contributed by atoms with Crippen molar-refractivity contribution in [1.29, 1.82) is 5.26 Å². The molecule has 0 spiro atoms. The van der Waals surface area contributed by atoms with Gasteiger partial charge in [0.25, 0.3) is 5.91 Å². The Morgan fingerprint density at radius 2 is 2.03 bits per heavy atom. The molecule has 2 aromatic heterocycles. The number of pyridine rings is 1. The number of aliphatic hydroxyl groups is 1. The smallest absolute Gasteiger partial charge is 0.259 e. The van der Waals surface area contributed by atoms with Crippen molar-refractivity contribution >= 4 is 5.91 Å². The Kier molecular flexibility index (Phi) is 7.88. The number of nitriles is 1. The van der Waals surface area contributed by atoms with Crippen molar-refractivity contribution in [3.63, 3.8) is 0 Å². The molecule has 0 saturated carbocycles. The van der Waals surface area contributed by atoms with Crippen LogP contribution < -0.4 is 4.74 Å². The Morgan fingerprint density at radius 1 is 1.25 bits per heavy atom. The van der Waals surface area contributed by atoms with Crippen molar-refractivity contribution in [3.8, 4) is 23.1 Å². The summed E-state index contributed by atoms with van der Waals surface area (Å²) >= 11 is 0. The van der Waals surface area contributed by atoms with Crippen LogP contribution >= 0.6 is 0 Å². The first-order chi connectivity index (χ1) is 17.4. The third-order valence-corrected chi connectivity index (χ3v) is 6.40. The van der Waals surface area contributed by atoms with Gasteiger partial charge in [-0.1, -0.05) is 19.1 Å². The van der Waals surface area contributed by atoms with Crippen molar-refractivity contribution in [1.82, 2.24) is 24.8 Å². The van der Waals surface area contributed by atoms with E-state index >= 15 is 0 Å². The van der Waals surface area contributed by atoms with Crippen molar-refractivity contribution in [2.45, 2.75) is 32.5 Å². The van der Waals surface area contributed by atoms with Crippen LogP contribution in [0.25, 0.3) is 11.1 Å². The highest BCUT2D eigenvalue weighted by Crippen LogP contribution is 2.30. The second kappa shape index (κ2) is 11.2. The van der Waals surface area contributed by atoms with Gasteiger partial charge >= 0.3 is 0 Å². The lowest BCUT2D eigenvalue weighted by Crippen LogP contribution is -2.49. The molecule has 0 radical (unpaired) electrons. The number of ether oxygens (including phenoxy) is 1. The summed E-state index contributed by atoms with van der Waals surface area (Å²) in [7, 11) is 2.00. The fourth-order valence-electron chi connectivity index (χ4n) is 4.34. The molecule has 3 heterocycles. The fraction of sp³-hybridized carbons (Fsp3) is 0.370. The average molecular weight is 487 g/mol. The van der Waals surface area contributed by atoms with Crippen LogP contribution in [0.2, 0.25) is 0 Å². The fourth-order valence-corrected chi connectivity index (χ4v) is 4.34. The first-order valence-electron chi connectivity index (χ1n) is 11.9. The quantitative estimate of drug-likeness (QED) is 0.542. The molecule has 1 aromatic carbocycles. The molecule has 1 amide bonds. The summed E-state index contributed by atoms with van der Waals surface area (Å²) in [6, 6.07) is 10.7. The Hall–Kier alpha value is -3.87. The number of fused-ring (bicyclic) bond motifs is 1. The van der Waals surface area contributed by atoms with Gasteiger partial charge < -0.3 is 14.7 Å². The van der Waals surface area contributed by atoms with Crippen LogP contribution in [0, 0.1) is 17.2 Å². The second-order valence-corrected chi connectivity index (χ2v) is 9.34. The molecule has 1 aliphatic rings. The van der Waals surface area contributed by atoms with E-state index in [2.05, 4.69) is 25.9 Å². The van der Waals surface area contributed by atoms with Crippen LogP contribution in [0.15, 0.2) is 55.2 Å². The van der Waals surface area contributed by atoms with Gasteiger partial charge in [0, 0.05) is 55.3 Å². The molecule has 9 heteroatoms. The van der Waals surface area contributed by atoms with E-state index in [1.807, 2.05) is 27.0 Å². The van der Waals surface area contributed by atoms with Crippen LogP contribution in [0.3, 0.4) is 0 Å². The number of hydrogen-bond donors (Lipinski definition) is 1. The van der Waals surface area contributed by atoms with Gasteiger partial charge in [-0.05, 0) is 37.7 Å². The minimum Gasteiger partial charge on any atom is -0.472 e. The molecule has 0 bridgehead atoms. The summed E-state index contributed by atoms with van der Waals surface area (Å²) in [6.45, 7) is 5.40. The van der Waals surface area contributed by atoms with Crippen molar-refractivity contribution in [3.05, 3.63) is 71.9 Å². The van der Waals surface area contributed by atoms with Gasteiger partial charge in [0.05, 0.1) is 24.3 Å². The first kappa shape index (κ1) is 25.2. The number of aromatic nitrogens is 3. The monoisotopic (exact) mass is 486 g/mol. The molecule has 0 unspecified atom stereocenters. The molecule has 0 saturated heterocycles. The lowest BCUT2D eigenvalue weighted by atomic mass is 9.98. The Labute approximate surface area is 211 Å². The van der Waals surface area contributed by atoms with Gasteiger partial charge in [0.1, 0.15) is 18.0 Å². The summed E-state index contributed by atoms with van der Waals surface area (Å²) in [5.41, 5.74) is 3.36. The van der Waals surface area contributed by atoms with Crippen LogP contribution in [0.5, 0.6) is 5.88 Å². The molecule has 1 N–H and O–H groups in total. The molecule has 9 nitrogen and oxygen atoms in total. The molecule has 1 aliphatic heterocycles. The van der Waals surface area contributed by atoms with E-state index in [0.29, 0.717) is 36.3 Å². The third-order valence-electron chi connectivity index (χ3n) is 6.40. The van der Waals surface area contributed by atoms with Crippen molar-refractivity contribution < 1.29 is 14.6 Å². The number of likely N-dealkylation sites (N-methyl/N-ethyl adjacent to an activating group) is 1. The molecule has 3 atom stereocenters. The maximum absolute atomic E-state index is 13.6. The zero-order chi connectivity index (χ0) is 25.7. The zero-order valence-electron chi connectivity index (χ0n) is 20.7. The molecule has 0 aliphatic carbocycles. The third kappa shape index (κ3) is 5.67. The van der Waals surface area contributed by atoms with Gasteiger partial charge in [-0.25, -0.2) is 15.0 Å². The van der Waals surface area contributed by atoms with Crippen molar-refractivity contribution in [2.24, 2.45) is 5.92 Å². The number of amides is 1. The minimum atomic E-state index is -0.365. The molecule has 3 aromatic rings. The van der Waals surface area contributed by atoms with Crippen LogP contribution in [0.4, 0.5) is 0 Å². The largest absolute Gasteiger partial charge is 0.472 e. The summed E-state index contributed by atoms with van der Waals surface area (Å²) < 4.78 is 6.38. The number of aliphatic hydroxyl groups excluding tert-OH is 1. The molecule has 0 fully saturated rings. The lowest BCUT2D eigenvalue weighted by molar-refractivity contribution is 0.0325. The van der Waals surface area contributed by atoms with Crippen LogP contribution in [-0.4, -0.2) is 74.7 Å². The second-order valence-electron chi connectivity index (χ2n) is 9.34. The number of rotatable bonds is 7. The number of carbonyl (C=O) groups excluding carboxylic acids is 1. The standard InChI is InChI=1S/C27H30N6O3/c1-18-13-33(19(2)16-34)27(35)24-8-23(22-6-4-5-20(7-22)9-28)12-31-26(24)36-25(18)15-32(3)14-21-10-29-17-30-11-21/h4-8,10-12,17-19,25,34H,13-16H2,1-3H3/t18-,19-,25+/m1/s1. The molecular formula is C27H30N6O3. The number of nitrogens with zero attached hydrogens (tertiary/aromatic N) is 6. The van der Waals surface area contributed by atoms with Gasteiger partial charge in [0.15, 0.2) is 0 Å². The molecule has 36 heavy (non-hydrogen) atoms. The molecule has 186 valence electrons. The predicted molar refractivity (Wildman–Crippen MR) is 134 cm³/mol. The molecule has 4 rings (SSSR count). The number of carbonyl (C=O) groups is 1. The predicted octanol–water partition coefficient (Wildman–Crippen LogP) is 2.76. The number of hydrogen-bond acceptors (Lipinski definition) is 8. The average Bonchev–Trinajstić information content (AvgIpc) is 2.90. The van der Waals surface area contributed by atoms with E-state index in [9.17, 15) is 15.2 Å². The molecular weight excluding hydrogens is 456 g/mol. The summed E-state index contributed by atoms with van der Waals surface area (Å²) in [4.78, 5) is 30.2. The topological polar surface area (TPSA) is 115 Å². The lowest BCUT2D eigenvalue weighted by Gasteiger charge is -2.37. The minimum absolute atomic E-state index is 0.0145. The SMILES string of the molecule is C[C@@H]1CN([C@H](C)CO)C(=O)c2cc(-c3cccc(C#N)c3)cnc2O[C@H]1CN(C)Cc1cncnc1. The van der Waals surface area contributed by atoms with Gasteiger partial charge in [-0.3, -0.25) is 9.69 Å². The number of benzene rings is 1. The van der Waals surface area contributed by atoms with E-state index in [4.69, 9.17) is 4.74 Å². The van der Waals surface area contributed by atoms with Gasteiger partial charge in [-0.2, -0.15) is 5.26 Å². The summed E-state index contributed by atoms with van der Waals surface area (Å²) in [5, 5.41) is 19.1. The van der Waals surface area contributed by atoms with E-state index in [1.54, 1.807) is 47.8 Å². The zero-order valence-corrected chi connectivity index (χ0v) is 20.7. The van der Waals surface area contributed by atoms with Crippen LogP contribution in [0.1, 0.15) is 35.3 Å². The highest BCUT2D eigenvalue weighted by molar-refractivity contribution is 5.98. The highest BCUT2D eigenvalue weighted by atomic mass is 16.5. The van der Waals surface area contributed by atoms with Crippen molar-refractivity contribution in [2.75, 3.05) is 26.7 Å². The maximum Gasteiger partial charge on any atom is 0.259 e. The van der Waals surface area contributed by atoms with E-state index in [0.717, 1.165) is 11.1 Å². The van der Waals surface area contributed by atoms with E-state index in [1.165, 1.54) is 6.33 Å². The summed E-state index contributed by atoms with van der Waals surface area (Å²) in [5.74, 6) is 0.0140. The normalized spacial score (nSPS) is 18.6. The van der Waals surface area contributed by atoms with Gasteiger partial charge in [0.2, 0.25) is 5.88 Å². The Morgan fingerprint density at radius 3 is 2.75 bits per heavy atom. The highest BCUT2D eigenvalue weighted by Gasteiger charge is 2.34. The van der Waals surface area contributed by atoms with E-state index in [-0.39, 0.29) is 36.5 Å². The Bertz CT molecular complexity index is 1250. The Balaban J connectivity index is 1.67. The summed E-state index contributed by atoms with van der Waals surface area (Å²) in [6.07, 6.45) is 6.49. The maximum atomic E-state index is 13.6. The first-order valence-corrected chi connectivity index (χ1v) is 11.9. The van der Waals surface area contributed by atoms with Gasteiger partial charge in [-0.15, -0.1) is 0 Å². The van der Waals surface area contributed by atoms with E-state index < -0.39 is 0 Å². The van der Waals surface area contributed by atoms with Crippen LogP contribution in [-0.2, 0) is 6.54 Å².